The molecular weight excluding hydrogens is 333 g/mol. The van der Waals surface area contributed by atoms with Gasteiger partial charge in [-0.1, -0.05) is 17.7 Å². The molecule has 0 bridgehead atoms. The molecule has 19 heavy (non-hydrogen) atoms. The Labute approximate surface area is 124 Å². The highest BCUT2D eigenvalue weighted by Crippen LogP contribution is 2.27. The van der Waals surface area contributed by atoms with Crippen LogP contribution in [0.5, 0.6) is 5.75 Å². The number of halogens is 3. The van der Waals surface area contributed by atoms with E-state index in [-0.39, 0.29) is 5.82 Å². The number of hydrogen-bond donors (Lipinski definition) is 1. The molecule has 2 rings (SSSR count). The van der Waals surface area contributed by atoms with Crippen LogP contribution >= 0.6 is 27.5 Å². The maximum Gasteiger partial charge on any atom is 0.133 e. The zero-order chi connectivity index (χ0) is 13.8. The van der Waals surface area contributed by atoms with Gasteiger partial charge in [0, 0.05) is 6.54 Å². The van der Waals surface area contributed by atoms with Crippen molar-refractivity contribution >= 4 is 33.2 Å². The Morgan fingerprint density at radius 3 is 2.68 bits per heavy atom. The van der Waals surface area contributed by atoms with E-state index >= 15 is 0 Å². The zero-order valence-electron chi connectivity index (χ0n) is 10.2. The number of hydrogen-bond acceptors (Lipinski definition) is 2. The van der Waals surface area contributed by atoms with Crippen LogP contribution in [-0.4, -0.2) is 7.11 Å². The van der Waals surface area contributed by atoms with Gasteiger partial charge in [-0.05, 0) is 51.8 Å². The van der Waals surface area contributed by atoms with Crippen molar-refractivity contribution < 1.29 is 9.13 Å². The van der Waals surface area contributed by atoms with Gasteiger partial charge in [0.1, 0.15) is 11.6 Å². The minimum Gasteiger partial charge on any atom is -0.496 e. The topological polar surface area (TPSA) is 21.3 Å². The fourth-order valence-electron chi connectivity index (χ4n) is 1.65. The Hall–Kier alpha value is -1.26. The lowest BCUT2D eigenvalue weighted by molar-refractivity contribution is 0.412. The molecule has 0 saturated heterocycles. The summed E-state index contributed by atoms with van der Waals surface area (Å²) in [7, 11) is 1.62. The van der Waals surface area contributed by atoms with E-state index in [1.165, 1.54) is 12.1 Å². The third-order valence-electron chi connectivity index (χ3n) is 2.63. The van der Waals surface area contributed by atoms with E-state index in [1.54, 1.807) is 13.2 Å². The number of nitrogens with one attached hydrogen (secondary N) is 1. The van der Waals surface area contributed by atoms with Crippen molar-refractivity contribution in [1.29, 1.82) is 0 Å². The highest BCUT2D eigenvalue weighted by Gasteiger charge is 2.04. The van der Waals surface area contributed by atoms with Crippen molar-refractivity contribution in [3.63, 3.8) is 0 Å². The Kier molecular flexibility index (Phi) is 4.66. The molecule has 1 N–H and O–H groups in total. The average Bonchev–Trinajstić information content (AvgIpc) is 2.38. The lowest BCUT2D eigenvalue weighted by Gasteiger charge is -2.10. The van der Waals surface area contributed by atoms with Crippen molar-refractivity contribution in [3.05, 3.63) is 57.3 Å². The largest absolute Gasteiger partial charge is 0.496 e. The van der Waals surface area contributed by atoms with Crippen LogP contribution in [0.4, 0.5) is 10.1 Å². The second-order valence-electron chi connectivity index (χ2n) is 3.95. The first kappa shape index (κ1) is 14.2. The number of benzene rings is 2. The molecule has 2 aromatic carbocycles. The minimum atomic E-state index is -0.345. The van der Waals surface area contributed by atoms with Gasteiger partial charge < -0.3 is 10.1 Å². The third kappa shape index (κ3) is 3.61. The summed E-state index contributed by atoms with van der Waals surface area (Å²) in [6.45, 7) is 0.591. The molecule has 0 aliphatic carbocycles. The first-order valence-electron chi connectivity index (χ1n) is 5.61. The normalized spacial score (nSPS) is 10.3. The molecule has 0 aromatic heterocycles. The molecule has 0 spiro atoms. The Morgan fingerprint density at radius 1 is 1.26 bits per heavy atom. The van der Waals surface area contributed by atoms with Crippen molar-refractivity contribution in [2.24, 2.45) is 0 Å². The molecule has 0 radical (unpaired) electrons. The maximum absolute atomic E-state index is 12.9. The fourth-order valence-corrected chi connectivity index (χ4v) is 2.47. The number of methoxy groups -OCH3 is 1. The lowest BCUT2D eigenvalue weighted by Crippen LogP contribution is -2.00. The lowest BCUT2D eigenvalue weighted by atomic mass is 10.2. The molecule has 0 heterocycles. The molecule has 5 heteroatoms. The SMILES string of the molecule is COc1ccc(CNc2ccc(F)cc2Cl)cc1Br. The van der Waals surface area contributed by atoms with Crippen molar-refractivity contribution in [2.75, 3.05) is 12.4 Å². The molecular formula is C14H12BrClFNO. The van der Waals surface area contributed by atoms with E-state index in [4.69, 9.17) is 16.3 Å². The quantitative estimate of drug-likeness (QED) is 0.855. The van der Waals surface area contributed by atoms with Gasteiger partial charge in [-0.25, -0.2) is 4.39 Å². The standard InChI is InChI=1S/C14H12BrClFNO/c1-19-14-5-2-9(6-11(14)15)8-18-13-4-3-10(17)7-12(13)16/h2-7,18H,8H2,1H3. The molecule has 2 nitrogen and oxygen atoms in total. The van der Waals surface area contributed by atoms with Crippen LogP contribution in [0.15, 0.2) is 40.9 Å². The van der Waals surface area contributed by atoms with Gasteiger partial charge in [-0.15, -0.1) is 0 Å². The highest BCUT2D eigenvalue weighted by molar-refractivity contribution is 9.10. The van der Waals surface area contributed by atoms with E-state index in [2.05, 4.69) is 21.2 Å². The maximum atomic E-state index is 12.9. The van der Waals surface area contributed by atoms with E-state index in [0.29, 0.717) is 17.3 Å². The first-order chi connectivity index (χ1) is 9.10. The molecule has 0 aliphatic heterocycles. The molecule has 0 aliphatic rings. The number of ether oxygens (including phenoxy) is 1. The van der Waals surface area contributed by atoms with Gasteiger partial charge >= 0.3 is 0 Å². The van der Waals surface area contributed by atoms with Gasteiger partial charge in [0.15, 0.2) is 0 Å². The molecule has 100 valence electrons. The van der Waals surface area contributed by atoms with Gasteiger partial charge in [-0.3, -0.25) is 0 Å². The average molecular weight is 345 g/mol. The summed E-state index contributed by atoms with van der Waals surface area (Å²) in [6.07, 6.45) is 0. The van der Waals surface area contributed by atoms with Crippen LogP contribution in [0, 0.1) is 5.82 Å². The van der Waals surface area contributed by atoms with Crippen LogP contribution in [0.1, 0.15) is 5.56 Å². The molecule has 0 unspecified atom stereocenters. The van der Waals surface area contributed by atoms with Crippen molar-refractivity contribution in [3.8, 4) is 5.75 Å². The predicted octanol–water partition coefficient (Wildman–Crippen LogP) is 4.86. The van der Waals surface area contributed by atoms with Gasteiger partial charge in [0.2, 0.25) is 0 Å². The zero-order valence-corrected chi connectivity index (χ0v) is 12.6. The summed E-state index contributed by atoms with van der Waals surface area (Å²) in [4.78, 5) is 0. The second kappa shape index (κ2) is 6.26. The van der Waals surface area contributed by atoms with Crippen molar-refractivity contribution in [2.45, 2.75) is 6.54 Å². The van der Waals surface area contributed by atoms with Crippen LogP contribution < -0.4 is 10.1 Å². The highest BCUT2D eigenvalue weighted by atomic mass is 79.9. The van der Waals surface area contributed by atoms with E-state index in [0.717, 1.165) is 15.8 Å². The summed E-state index contributed by atoms with van der Waals surface area (Å²) in [5.41, 5.74) is 1.77. The van der Waals surface area contributed by atoms with E-state index < -0.39 is 0 Å². The Balaban J connectivity index is 2.08. The Morgan fingerprint density at radius 2 is 2.05 bits per heavy atom. The van der Waals surface area contributed by atoms with Gasteiger partial charge in [0.05, 0.1) is 22.3 Å². The molecule has 0 atom stereocenters. The van der Waals surface area contributed by atoms with Crippen LogP contribution in [-0.2, 0) is 6.54 Å². The van der Waals surface area contributed by atoms with E-state index in [1.807, 2.05) is 18.2 Å². The molecule has 0 saturated carbocycles. The number of rotatable bonds is 4. The van der Waals surface area contributed by atoms with Crippen LogP contribution in [0.25, 0.3) is 0 Å². The smallest absolute Gasteiger partial charge is 0.133 e. The molecule has 0 fully saturated rings. The predicted molar refractivity (Wildman–Crippen MR) is 79.4 cm³/mol. The molecule has 0 amide bonds. The fraction of sp³-hybridized carbons (Fsp3) is 0.143. The minimum absolute atomic E-state index is 0.345. The van der Waals surface area contributed by atoms with Crippen molar-refractivity contribution in [1.82, 2.24) is 0 Å². The summed E-state index contributed by atoms with van der Waals surface area (Å²) in [6, 6.07) is 10.1. The third-order valence-corrected chi connectivity index (χ3v) is 3.56. The summed E-state index contributed by atoms with van der Waals surface area (Å²) in [5.74, 6) is 0.436. The summed E-state index contributed by atoms with van der Waals surface area (Å²) >= 11 is 9.37. The van der Waals surface area contributed by atoms with Gasteiger partial charge in [0.25, 0.3) is 0 Å². The Bertz CT molecular complexity index is 592. The van der Waals surface area contributed by atoms with Crippen LogP contribution in [0.3, 0.4) is 0 Å². The summed E-state index contributed by atoms with van der Waals surface area (Å²) < 4.78 is 19.0. The van der Waals surface area contributed by atoms with Crippen LogP contribution in [0.2, 0.25) is 5.02 Å². The first-order valence-corrected chi connectivity index (χ1v) is 6.78. The van der Waals surface area contributed by atoms with Gasteiger partial charge in [-0.2, -0.15) is 0 Å². The monoisotopic (exact) mass is 343 g/mol. The summed E-state index contributed by atoms with van der Waals surface area (Å²) in [5, 5.41) is 3.53. The molecule has 2 aromatic rings. The second-order valence-corrected chi connectivity index (χ2v) is 5.21. The number of anilines is 1. The van der Waals surface area contributed by atoms with E-state index in [9.17, 15) is 4.39 Å².